The van der Waals surface area contributed by atoms with Crippen LogP contribution >= 0.6 is 11.3 Å². The van der Waals surface area contributed by atoms with E-state index in [1.54, 1.807) is 36.1 Å². The molecule has 5 aromatic rings. The molecule has 7 amide bonds. The topological polar surface area (TPSA) is 173 Å². The highest BCUT2D eigenvalue weighted by Crippen LogP contribution is 2.38. The van der Waals surface area contributed by atoms with Crippen molar-refractivity contribution < 1.29 is 33.2 Å². The van der Waals surface area contributed by atoms with Gasteiger partial charge in [-0.25, -0.2) is 24.2 Å². The Morgan fingerprint density at radius 3 is 2.45 bits per heavy atom. The summed E-state index contributed by atoms with van der Waals surface area (Å²) in [4.78, 5) is 93.1. The van der Waals surface area contributed by atoms with Crippen LogP contribution in [-0.2, 0) is 35.6 Å². The molecular weight excluding hydrogens is 816 g/mol. The lowest BCUT2D eigenvalue weighted by Crippen LogP contribution is -2.58. The minimum atomic E-state index is -1.06. The van der Waals surface area contributed by atoms with Crippen LogP contribution in [0.25, 0.3) is 11.1 Å². The molecule has 2 saturated heterocycles. The van der Waals surface area contributed by atoms with Gasteiger partial charge in [-0.2, -0.15) is 5.01 Å². The lowest BCUT2D eigenvalue weighted by molar-refractivity contribution is -0.123. The molecule has 316 valence electrons. The number of hydrogen-bond acceptors (Lipinski definition) is 11. The molecule has 0 bridgehead atoms. The molecule has 0 spiro atoms. The third-order valence-corrected chi connectivity index (χ3v) is 13.3. The van der Waals surface area contributed by atoms with Crippen LogP contribution in [0.5, 0.6) is 0 Å². The number of hydrogen-bond donors (Lipinski definition) is 2. The third kappa shape index (κ3) is 6.88. The molecule has 3 aromatic carbocycles. The first-order valence-corrected chi connectivity index (χ1v) is 21.5. The van der Waals surface area contributed by atoms with E-state index in [2.05, 4.69) is 30.4 Å². The Morgan fingerprint density at radius 1 is 0.903 bits per heavy atom. The number of hydrazine groups is 1. The summed E-state index contributed by atoms with van der Waals surface area (Å²) in [7, 11) is 2.04. The number of aryl methyl sites for hydroxylation is 1. The zero-order chi connectivity index (χ0) is 42.8. The van der Waals surface area contributed by atoms with Gasteiger partial charge in [0.15, 0.2) is 11.2 Å². The Balaban J connectivity index is 0.785. The number of thiazole rings is 1. The maximum Gasteiger partial charge on any atom is 0.343 e. The molecule has 2 fully saturated rings. The number of anilines is 2. The van der Waals surface area contributed by atoms with Crippen LogP contribution in [0.2, 0.25) is 0 Å². The lowest BCUT2D eigenvalue weighted by Gasteiger charge is -2.38. The first kappa shape index (κ1) is 39.4. The highest BCUT2D eigenvalue weighted by Gasteiger charge is 2.44. The molecule has 18 heteroatoms. The van der Waals surface area contributed by atoms with E-state index in [-0.39, 0.29) is 47.8 Å². The molecule has 16 nitrogen and oxygen atoms in total. The normalized spacial score (nSPS) is 18.1. The van der Waals surface area contributed by atoms with Gasteiger partial charge in [0.05, 0.1) is 36.2 Å². The van der Waals surface area contributed by atoms with Gasteiger partial charge in [0.2, 0.25) is 5.91 Å². The fourth-order valence-corrected chi connectivity index (χ4v) is 9.88. The highest BCUT2D eigenvalue weighted by atomic mass is 32.1. The largest absolute Gasteiger partial charge is 0.371 e. The maximum absolute atomic E-state index is 16.0. The molecule has 7 heterocycles. The zero-order valence-electron chi connectivity index (χ0n) is 33.7. The summed E-state index contributed by atoms with van der Waals surface area (Å²) in [5, 5.41) is 8.95. The molecule has 0 radical (unpaired) electrons. The van der Waals surface area contributed by atoms with E-state index in [0.717, 1.165) is 77.8 Å². The van der Waals surface area contributed by atoms with Gasteiger partial charge in [0, 0.05) is 72.7 Å². The summed E-state index contributed by atoms with van der Waals surface area (Å²) in [5.74, 6) is -3.03. The Bertz CT molecular complexity index is 2680. The van der Waals surface area contributed by atoms with Crippen LogP contribution in [0.4, 0.5) is 20.0 Å². The molecule has 1 unspecified atom stereocenters. The predicted molar refractivity (Wildman–Crippen MR) is 224 cm³/mol. The fraction of sp³-hybridized carbons (Fsp3) is 0.318. The SMILES string of the molecule is CN(Cc1ccc2c(c1)C(=O)N(N1CCC(=O)NC1=O)C2=O)C1CCN(c2ccc(-c3cc(F)c4c(c3)C(=O)N(C(C(=O)Nc3nccs3)c3ncn5c3CCC5)C4)cc2)CC1. The number of fused-ring (bicyclic) bond motifs is 3. The second-order valence-electron chi connectivity index (χ2n) is 16.2. The Kier molecular flexibility index (Phi) is 9.90. The molecule has 5 aliphatic heterocycles. The van der Waals surface area contributed by atoms with E-state index in [9.17, 15) is 28.8 Å². The van der Waals surface area contributed by atoms with Gasteiger partial charge in [0.1, 0.15) is 5.82 Å². The number of urea groups is 1. The van der Waals surface area contributed by atoms with Crippen molar-refractivity contribution in [1.29, 1.82) is 0 Å². The number of amides is 7. The van der Waals surface area contributed by atoms with Crippen molar-refractivity contribution in [2.75, 3.05) is 36.9 Å². The number of carbonyl (C=O) groups is 6. The second-order valence-corrected chi connectivity index (χ2v) is 17.1. The third-order valence-electron chi connectivity index (χ3n) is 12.6. The van der Waals surface area contributed by atoms with E-state index in [1.165, 1.54) is 22.3 Å². The summed E-state index contributed by atoms with van der Waals surface area (Å²) in [5.41, 5.74) is 5.54. The Labute approximate surface area is 358 Å². The van der Waals surface area contributed by atoms with Gasteiger partial charge in [-0.1, -0.05) is 18.2 Å². The zero-order valence-corrected chi connectivity index (χ0v) is 34.5. The van der Waals surface area contributed by atoms with Crippen molar-refractivity contribution >= 4 is 57.7 Å². The first-order valence-electron chi connectivity index (χ1n) is 20.6. The summed E-state index contributed by atoms with van der Waals surface area (Å²) in [6.07, 6.45) is 6.70. The number of nitrogens with one attached hydrogen (secondary N) is 2. The molecule has 0 saturated carbocycles. The van der Waals surface area contributed by atoms with Crippen molar-refractivity contribution in [3.8, 4) is 11.1 Å². The van der Waals surface area contributed by atoms with Gasteiger partial charge < -0.3 is 14.4 Å². The average molecular weight is 857 g/mol. The molecule has 10 rings (SSSR count). The number of carbonyl (C=O) groups excluding carboxylic acids is 6. The molecule has 5 aliphatic rings. The number of piperidine rings is 1. The number of halogens is 1. The van der Waals surface area contributed by atoms with Gasteiger partial charge >= 0.3 is 6.03 Å². The van der Waals surface area contributed by atoms with Crippen molar-refractivity contribution in [2.45, 2.75) is 63.8 Å². The quantitative estimate of drug-likeness (QED) is 0.183. The van der Waals surface area contributed by atoms with Gasteiger partial charge in [0.25, 0.3) is 23.6 Å². The van der Waals surface area contributed by atoms with E-state index in [0.29, 0.717) is 22.9 Å². The monoisotopic (exact) mass is 856 g/mol. The number of imide groups is 2. The number of rotatable bonds is 10. The van der Waals surface area contributed by atoms with E-state index in [4.69, 9.17) is 0 Å². The van der Waals surface area contributed by atoms with Crippen molar-refractivity contribution in [1.82, 2.24) is 39.7 Å². The molecule has 62 heavy (non-hydrogen) atoms. The van der Waals surface area contributed by atoms with Crippen LogP contribution in [0, 0.1) is 5.82 Å². The minimum absolute atomic E-state index is 0.00564. The molecule has 1 atom stereocenters. The van der Waals surface area contributed by atoms with Crippen LogP contribution in [0.3, 0.4) is 0 Å². The summed E-state index contributed by atoms with van der Waals surface area (Å²) >= 11 is 1.27. The molecular formula is C44H41FN10O6S. The predicted octanol–water partition coefficient (Wildman–Crippen LogP) is 4.98. The second kappa shape index (κ2) is 15.6. The van der Waals surface area contributed by atoms with Crippen molar-refractivity contribution in [3.05, 3.63) is 118 Å². The Morgan fingerprint density at radius 2 is 1.69 bits per heavy atom. The first-order chi connectivity index (χ1) is 30.0. The summed E-state index contributed by atoms with van der Waals surface area (Å²) in [6.45, 7) is 2.82. The smallest absolute Gasteiger partial charge is 0.343 e. The number of nitrogens with zero attached hydrogens (tertiary/aromatic N) is 8. The van der Waals surface area contributed by atoms with Gasteiger partial charge in [-0.05, 0) is 85.8 Å². The van der Waals surface area contributed by atoms with Crippen LogP contribution < -0.4 is 15.5 Å². The number of imidazole rings is 1. The van der Waals surface area contributed by atoms with Gasteiger partial charge in [-0.15, -0.1) is 11.3 Å². The van der Waals surface area contributed by atoms with E-state index < -0.39 is 47.4 Å². The number of aromatic nitrogens is 3. The molecule has 2 N–H and O–H groups in total. The Hall–Kier alpha value is -6.79. The lowest BCUT2D eigenvalue weighted by atomic mass is 9.98. The van der Waals surface area contributed by atoms with E-state index >= 15 is 4.39 Å². The van der Waals surface area contributed by atoms with E-state index in [1.807, 2.05) is 41.9 Å². The van der Waals surface area contributed by atoms with Crippen molar-refractivity contribution in [2.24, 2.45) is 0 Å². The molecule has 0 aliphatic carbocycles. The highest BCUT2D eigenvalue weighted by molar-refractivity contribution is 7.13. The number of benzene rings is 3. The summed E-state index contributed by atoms with van der Waals surface area (Å²) in [6, 6.07) is 14.6. The maximum atomic E-state index is 16.0. The summed E-state index contributed by atoms with van der Waals surface area (Å²) < 4.78 is 18.0. The van der Waals surface area contributed by atoms with Crippen LogP contribution in [0.15, 0.2) is 72.5 Å². The standard InChI is InChI=1S/C44H41FN10O6S/c1-50(22-25-4-9-30-31(19-25)42(60)55(41(30)59)54-17-12-36(56)48-44(54)61)28-10-15-51(16-11-28)29-7-5-26(6-8-29)27-20-32-33(34(45)21-27)23-53(40(32)58)38(39(57)49-43-46-13-18-62-43)37-35-3-2-14-52(35)24-47-37/h4-9,13,18-21,24,28,38H,2-3,10-12,14-17,22-23H2,1H3,(H,46,49,57)(H,48,56,61). The molecule has 2 aromatic heterocycles. The minimum Gasteiger partial charge on any atom is -0.371 e. The van der Waals surface area contributed by atoms with Crippen LogP contribution in [0.1, 0.15) is 85.3 Å². The van der Waals surface area contributed by atoms with Crippen molar-refractivity contribution in [3.63, 3.8) is 0 Å². The van der Waals surface area contributed by atoms with Gasteiger partial charge in [-0.3, -0.25) is 39.5 Å². The fourth-order valence-electron chi connectivity index (χ4n) is 9.35. The average Bonchev–Trinajstić information content (AvgIpc) is 4.12. The van der Waals surface area contributed by atoms with Crippen LogP contribution in [-0.4, -0.2) is 103 Å².